The Labute approximate surface area is 144 Å². The highest BCUT2D eigenvalue weighted by Crippen LogP contribution is 2.16. The van der Waals surface area contributed by atoms with Crippen molar-refractivity contribution >= 4 is 11.6 Å². The van der Waals surface area contributed by atoms with Crippen LogP contribution in [0.2, 0.25) is 0 Å². The number of nitrogens with one attached hydrogen (secondary N) is 1. The number of carbonyl (C=O) groups is 1. The Hall–Kier alpha value is -2.33. The number of likely N-dealkylation sites (N-methyl/N-ethyl adjacent to an activating group) is 1. The Morgan fingerprint density at radius 1 is 1.00 bits per heavy atom. The van der Waals surface area contributed by atoms with Crippen LogP contribution >= 0.6 is 0 Å². The van der Waals surface area contributed by atoms with E-state index in [1.54, 1.807) is 0 Å². The predicted molar refractivity (Wildman–Crippen MR) is 98.7 cm³/mol. The van der Waals surface area contributed by atoms with E-state index in [4.69, 9.17) is 4.74 Å². The molecule has 4 nitrogen and oxygen atoms in total. The Morgan fingerprint density at radius 3 is 2.25 bits per heavy atom. The molecular weight excluding hydrogens is 300 g/mol. The summed E-state index contributed by atoms with van der Waals surface area (Å²) in [5.74, 6) is 0.859. The van der Waals surface area contributed by atoms with Crippen LogP contribution in [0.5, 0.6) is 5.75 Å². The summed E-state index contributed by atoms with van der Waals surface area (Å²) in [6.45, 7) is 7.72. The van der Waals surface area contributed by atoms with Gasteiger partial charge in [-0.3, -0.25) is 9.69 Å². The summed E-state index contributed by atoms with van der Waals surface area (Å²) in [6.07, 6.45) is 0. The minimum atomic E-state index is -0.0206. The monoisotopic (exact) mass is 326 g/mol. The number of carbonyl (C=O) groups excluding carboxylic acids is 1. The van der Waals surface area contributed by atoms with Gasteiger partial charge in [0.1, 0.15) is 12.4 Å². The molecule has 0 aliphatic rings. The van der Waals surface area contributed by atoms with Gasteiger partial charge in [0, 0.05) is 12.2 Å². The molecule has 0 saturated carbocycles. The van der Waals surface area contributed by atoms with Gasteiger partial charge < -0.3 is 10.1 Å². The minimum absolute atomic E-state index is 0.0206. The maximum Gasteiger partial charge on any atom is 0.238 e. The number of hydrogen-bond donors (Lipinski definition) is 1. The van der Waals surface area contributed by atoms with Gasteiger partial charge in [0.25, 0.3) is 0 Å². The normalized spacial score (nSPS) is 10.7. The first-order valence-corrected chi connectivity index (χ1v) is 8.18. The van der Waals surface area contributed by atoms with Crippen LogP contribution < -0.4 is 10.1 Å². The van der Waals surface area contributed by atoms with Crippen LogP contribution in [0.25, 0.3) is 0 Å². The molecule has 0 spiro atoms. The van der Waals surface area contributed by atoms with Crippen LogP contribution in [0.4, 0.5) is 5.69 Å². The first-order chi connectivity index (χ1) is 11.4. The number of benzene rings is 2. The zero-order valence-corrected chi connectivity index (χ0v) is 14.9. The molecule has 1 N–H and O–H groups in total. The second-order valence-corrected chi connectivity index (χ2v) is 6.32. The van der Waals surface area contributed by atoms with Gasteiger partial charge in [-0.1, -0.05) is 23.8 Å². The molecule has 0 aliphatic heterocycles. The van der Waals surface area contributed by atoms with Gasteiger partial charge in [-0.2, -0.15) is 0 Å². The molecule has 0 heterocycles. The zero-order chi connectivity index (χ0) is 17.5. The van der Waals surface area contributed by atoms with Gasteiger partial charge in [0.05, 0.1) is 6.54 Å². The lowest BCUT2D eigenvalue weighted by molar-refractivity contribution is -0.117. The molecular formula is C20H26N2O2. The van der Waals surface area contributed by atoms with Crippen molar-refractivity contribution in [2.75, 3.05) is 32.1 Å². The number of hydrogen-bond acceptors (Lipinski definition) is 3. The highest BCUT2D eigenvalue weighted by Gasteiger charge is 2.07. The predicted octanol–water partition coefficient (Wildman–Crippen LogP) is 3.56. The fourth-order valence-electron chi connectivity index (χ4n) is 2.50. The quantitative estimate of drug-likeness (QED) is 0.846. The van der Waals surface area contributed by atoms with Crippen molar-refractivity contribution in [2.24, 2.45) is 0 Å². The van der Waals surface area contributed by atoms with Crippen molar-refractivity contribution < 1.29 is 9.53 Å². The standard InChI is InChI=1S/C20H26N2O2/c1-15-5-7-18(8-6-15)21-20(23)14-22(4)9-10-24-19-12-16(2)11-17(3)13-19/h5-8,11-13H,9-10,14H2,1-4H3,(H,21,23). The SMILES string of the molecule is Cc1ccc(NC(=O)CN(C)CCOc2cc(C)cc(C)c2)cc1. The maximum atomic E-state index is 12.0. The first-order valence-electron chi connectivity index (χ1n) is 8.18. The lowest BCUT2D eigenvalue weighted by atomic mass is 10.1. The maximum absolute atomic E-state index is 12.0. The molecule has 2 rings (SSSR count). The van der Waals surface area contributed by atoms with Crippen LogP contribution in [-0.2, 0) is 4.79 Å². The minimum Gasteiger partial charge on any atom is -0.492 e. The molecule has 128 valence electrons. The van der Waals surface area contributed by atoms with Crippen molar-refractivity contribution in [3.05, 3.63) is 59.2 Å². The molecule has 2 aromatic carbocycles. The fourth-order valence-corrected chi connectivity index (χ4v) is 2.50. The first kappa shape index (κ1) is 18.0. The summed E-state index contributed by atoms with van der Waals surface area (Å²) >= 11 is 0. The molecule has 0 unspecified atom stereocenters. The van der Waals surface area contributed by atoms with Gasteiger partial charge in [0.2, 0.25) is 5.91 Å². The zero-order valence-electron chi connectivity index (χ0n) is 14.9. The average molecular weight is 326 g/mol. The van der Waals surface area contributed by atoms with Crippen LogP contribution in [0.3, 0.4) is 0 Å². The topological polar surface area (TPSA) is 41.6 Å². The van der Waals surface area contributed by atoms with Crippen molar-refractivity contribution in [3.8, 4) is 5.75 Å². The van der Waals surface area contributed by atoms with Gasteiger partial charge >= 0.3 is 0 Å². The third kappa shape index (κ3) is 6.05. The molecule has 4 heteroatoms. The van der Waals surface area contributed by atoms with E-state index in [2.05, 4.69) is 25.2 Å². The summed E-state index contributed by atoms with van der Waals surface area (Å²) in [5, 5.41) is 2.90. The molecule has 0 radical (unpaired) electrons. The Balaban J connectivity index is 1.73. The van der Waals surface area contributed by atoms with E-state index in [9.17, 15) is 4.79 Å². The number of aryl methyl sites for hydroxylation is 3. The van der Waals surface area contributed by atoms with E-state index in [0.717, 1.165) is 11.4 Å². The van der Waals surface area contributed by atoms with E-state index in [0.29, 0.717) is 19.7 Å². The summed E-state index contributed by atoms with van der Waals surface area (Å²) in [7, 11) is 1.92. The lowest BCUT2D eigenvalue weighted by Gasteiger charge is -2.17. The van der Waals surface area contributed by atoms with E-state index < -0.39 is 0 Å². The molecule has 0 fully saturated rings. The summed E-state index contributed by atoms with van der Waals surface area (Å²) in [6, 6.07) is 14.0. The Morgan fingerprint density at radius 2 is 1.62 bits per heavy atom. The van der Waals surface area contributed by atoms with E-state index in [1.165, 1.54) is 16.7 Å². The van der Waals surface area contributed by atoms with Gasteiger partial charge in [-0.15, -0.1) is 0 Å². The molecule has 2 aromatic rings. The van der Waals surface area contributed by atoms with E-state index in [1.807, 2.05) is 55.3 Å². The van der Waals surface area contributed by atoms with Crippen LogP contribution in [0, 0.1) is 20.8 Å². The van der Waals surface area contributed by atoms with Gasteiger partial charge in [0.15, 0.2) is 0 Å². The third-order valence-electron chi connectivity index (χ3n) is 3.69. The molecule has 0 bridgehead atoms. The summed E-state index contributed by atoms with van der Waals surface area (Å²) < 4.78 is 5.78. The Bertz CT molecular complexity index is 660. The second kappa shape index (κ2) is 8.50. The van der Waals surface area contributed by atoms with Gasteiger partial charge in [-0.25, -0.2) is 0 Å². The smallest absolute Gasteiger partial charge is 0.238 e. The highest BCUT2D eigenvalue weighted by molar-refractivity contribution is 5.92. The Kier molecular flexibility index (Phi) is 6.38. The van der Waals surface area contributed by atoms with Crippen molar-refractivity contribution in [1.29, 1.82) is 0 Å². The van der Waals surface area contributed by atoms with Crippen LogP contribution in [-0.4, -0.2) is 37.6 Å². The van der Waals surface area contributed by atoms with E-state index in [-0.39, 0.29) is 5.91 Å². The third-order valence-corrected chi connectivity index (χ3v) is 3.69. The van der Waals surface area contributed by atoms with Crippen molar-refractivity contribution in [2.45, 2.75) is 20.8 Å². The molecule has 0 saturated heterocycles. The second-order valence-electron chi connectivity index (χ2n) is 6.32. The molecule has 1 amide bonds. The number of nitrogens with zero attached hydrogens (tertiary/aromatic N) is 1. The molecule has 0 atom stereocenters. The van der Waals surface area contributed by atoms with Gasteiger partial charge in [-0.05, 0) is 63.2 Å². The largest absolute Gasteiger partial charge is 0.492 e. The highest BCUT2D eigenvalue weighted by atomic mass is 16.5. The fraction of sp³-hybridized carbons (Fsp3) is 0.350. The number of ether oxygens (including phenoxy) is 1. The average Bonchev–Trinajstić information content (AvgIpc) is 2.48. The lowest BCUT2D eigenvalue weighted by Crippen LogP contribution is -2.33. The van der Waals surface area contributed by atoms with Crippen molar-refractivity contribution in [1.82, 2.24) is 4.90 Å². The number of amides is 1. The molecule has 24 heavy (non-hydrogen) atoms. The van der Waals surface area contributed by atoms with Crippen molar-refractivity contribution in [3.63, 3.8) is 0 Å². The summed E-state index contributed by atoms with van der Waals surface area (Å²) in [4.78, 5) is 14.0. The van der Waals surface area contributed by atoms with Crippen LogP contribution in [0.1, 0.15) is 16.7 Å². The number of rotatable bonds is 7. The molecule has 0 aliphatic carbocycles. The summed E-state index contributed by atoms with van der Waals surface area (Å²) in [5.41, 5.74) is 4.38. The van der Waals surface area contributed by atoms with Crippen LogP contribution in [0.15, 0.2) is 42.5 Å². The number of anilines is 1. The van der Waals surface area contributed by atoms with E-state index >= 15 is 0 Å². The molecule has 0 aromatic heterocycles.